The lowest BCUT2D eigenvalue weighted by atomic mass is 10.0. The molecule has 0 N–H and O–H groups in total. The largest absolute Gasteiger partial charge is 0.496 e. The lowest BCUT2D eigenvalue weighted by Crippen LogP contribution is -2.29. The fraction of sp³-hybridized carbons (Fsp3) is 0.318. The highest BCUT2D eigenvalue weighted by Crippen LogP contribution is 2.32. The van der Waals surface area contributed by atoms with Crippen molar-refractivity contribution in [3.05, 3.63) is 70.5 Å². The van der Waals surface area contributed by atoms with Gasteiger partial charge in [0.2, 0.25) is 0 Å². The molecule has 1 aliphatic rings. The van der Waals surface area contributed by atoms with Crippen LogP contribution >= 0.6 is 0 Å². The van der Waals surface area contributed by atoms with Crippen LogP contribution in [0.5, 0.6) is 5.75 Å². The average molecular weight is 400 g/mol. The highest BCUT2D eigenvalue weighted by Gasteiger charge is 2.26. The van der Waals surface area contributed by atoms with E-state index in [0.717, 1.165) is 46.9 Å². The Morgan fingerprint density at radius 3 is 2.72 bits per heavy atom. The smallest absolute Gasteiger partial charge is 0.159 e. The van der Waals surface area contributed by atoms with E-state index in [0.29, 0.717) is 37.4 Å². The molecule has 3 aromatic rings. The molecule has 0 fully saturated rings. The molecule has 1 aromatic heterocycles. The number of aromatic nitrogens is 1. The molecule has 152 valence electrons. The normalized spacial score (nSPS) is 14.1. The van der Waals surface area contributed by atoms with Crippen molar-refractivity contribution < 1.29 is 22.8 Å². The molecular formula is C22H22F2N2O3. The Morgan fingerprint density at radius 1 is 1.10 bits per heavy atom. The summed E-state index contributed by atoms with van der Waals surface area (Å²) in [5, 5.41) is 4.12. The maximum atomic E-state index is 13.7. The molecule has 4 rings (SSSR count). The topological polar surface area (TPSA) is 47.7 Å². The van der Waals surface area contributed by atoms with Gasteiger partial charge in [0, 0.05) is 49.9 Å². The summed E-state index contributed by atoms with van der Waals surface area (Å²) in [6, 6.07) is 9.81. The first-order valence-electron chi connectivity index (χ1n) is 9.39. The van der Waals surface area contributed by atoms with Gasteiger partial charge in [-0.1, -0.05) is 11.2 Å². The van der Waals surface area contributed by atoms with Crippen LogP contribution in [0, 0.1) is 11.6 Å². The third-order valence-electron chi connectivity index (χ3n) is 5.15. The summed E-state index contributed by atoms with van der Waals surface area (Å²) >= 11 is 0. The van der Waals surface area contributed by atoms with E-state index < -0.39 is 11.6 Å². The van der Waals surface area contributed by atoms with Crippen LogP contribution in [0.1, 0.15) is 22.5 Å². The Morgan fingerprint density at radius 2 is 1.97 bits per heavy atom. The molecule has 0 atom stereocenters. The van der Waals surface area contributed by atoms with Gasteiger partial charge in [-0.2, -0.15) is 0 Å². The fourth-order valence-corrected chi connectivity index (χ4v) is 3.72. The number of halogens is 2. The minimum atomic E-state index is -0.897. The Bertz CT molecular complexity index is 1020. The standard InChI is InChI=1S/C22H22F2N2O3/c1-27-13-14-3-6-20(28-2)16(9-14)11-26-8-7-21-17(12-26)22(25-29-21)15-4-5-18(23)19(24)10-15/h3-6,9-10H,7-8,11-13H2,1-2H3. The molecule has 2 aromatic carbocycles. The van der Waals surface area contributed by atoms with Crippen molar-refractivity contribution in [2.24, 2.45) is 0 Å². The number of methoxy groups -OCH3 is 2. The zero-order valence-corrected chi connectivity index (χ0v) is 16.4. The Labute approximate surface area is 167 Å². The van der Waals surface area contributed by atoms with E-state index in [-0.39, 0.29) is 0 Å². The first-order chi connectivity index (χ1) is 14.1. The van der Waals surface area contributed by atoms with E-state index in [2.05, 4.69) is 16.1 Å². The third kappa shape index (κ3) is 4.02. The first kappa shape index (κ1) is 19.5. The molecule has 0 spiro atoms. The number of benzene rings is 2. The number of nitrogens with zero attached hydrogens (tertiary/aromatic N) is 2. The predicted molar refractivity (Wildman–Crippen MR) is 103 cm³/mol. The molecule has 0 radical (unpaired) electrons. The first-order valence-corrected chi connectivity index (χ1v) is 9.39. The van der Waals surface area contributed by atoms with E-state index in [1.54, 1.807) is 14.2 Å². The van der Waals surface area contributed by atoms with Gasteiger partial charge < -0.3 is 14.0 Å². The van der Waals surface area contributed by atoms with E-state index in [1.807, 2.05) is 12.1 Å². The van der Waals surface area contributed by atoms with Gasteiger partial charge in [-0.05, 0) is 35.9 Å². The lowest BCUT2D eigenvalue weighted by molar-refractivity contribution is 0.184. The molecule has 29 heavy (non-hydrogen) atoms. The van der Waals surface area contributed by atoms with E-state index in [9.17, 15) is 8.78 Å². The maximum Gasteiger partial charge on any atom is 0.159 e. The summed E-state index contributed by atoms with van der Waals surface area (Å²) < 4.78 is 43.2. The number of rotatable bonds is 6. The Hall–Kier alpha value is -2.77. The van der Waals surface area contributed by atoms with Crippen LogP contribution in [0.2, 0.25) is 0 Å². The molecule has 1 aliphatic heterocycles. The second kappa shape index (κ2) is 8.31. The quantitative estimate of drug-likeness (QED) is 0.616. The second-order valence-electron chi connectivity index (χ2n) is 7.10. The molecule has 0 saturated heterocycles. The summed E-state index contributed by atoms with van der Waals surface area (Å²) in [6.45, 7) is 2.62. The van der Waals surface area contributed by atoms with Gasteiger partial charge in [0.25, 0.3) is 0 Å². The van der Waals surface area contributed by atoms with E-state index in [4.69, 9.17) is 14.0 Å². The Balaban J connectivity index is 1.58. The predicted octanol–water partition coefficient (Wildman–Crippen LogP) is 4.33. The van der Waals surface area contributed by atoms with Crippen molar-refractivity contribution in [2.75, 3.05) is 20.8 Å². The van der Waals surface area contributed by atoms with Crippen LogP contribution in [-0.2, 0) is 30.9 Å². The average Bonchev–Trinajstić information content (AvgIpc) is 3.14. The van der Waals surface area contributed by atoms with Crippen molar-refractivity contribution in [1.29, 1.82) is 0 Å². The highest BCUT2D eigenvalue weighted by molar-refractivity contribution is 5.63. The van der Waals surface area contributed by atoms with Gasteiger partial charge in [-0.25, -0.2) is 8.78 Å². The van der Waals surface area contributed by atoms with Gasteiger partial charge >= 0.3 is 0 Å². The van der Waals surface area contributed by atoms with Gasteiger partial charge in [-0.15, -0.1) is 0 Å². The summed E-state index contributed by atoms with van der Waals surface area (Å²) in [4.78, 5) is 2.26. The van der Waals surface area contributed by atoms with Gasteiger partial charge in [0.1, 0.15) is 17.2 Å². The summed E-state index contributed by atoms with van der Waals surface area (Å²) in [6.07, 6.45) is 0.700. The zero-order valence-electron chi connectivity index (χ0n) is 16.4. The highest BCUT2D eigenvalue weighted by atomic mass is 19.2. The third-order valence-corrected chi connectivity index (χ3v) is 5.15. The van der Waals surface area contributed by atoms with Crippen molar-refractivity contribution in [2.45, 2.75) is 26.1 Å². The SMILES string of the molecule is COCc1ccc(OC)c(CN2CCc3onc(-c4ccc(F)c(F)c4)c3C2)c1. The summed E-state index contributed by atoms with van der Waals surface area (Å²) in [5.41, 5.74) is 4.12. The Kier molecular flexibility index (Phi) is 5.60. The lowest BCUT2D eigenvalue weighted by Gasteiger charge is -2.27. The van der Waals surface area contributed by atoms with Crippen molar-refractivity contribution in [3.63, 3.8) is 0 Å². The fourth-order valence-electron chi connectivity index (χ4n) is 3.72. The molecule has 0 amide bonds. The number of hydrogen-bond acceptors (Lipinski definition) is 5. The number of ether oxygens (including phenoxy) is 2. The van der Waals surface area contributed by atoms with Crippen molar-refractivity contribution in [3.8, 4) is 17.0 Å². The van der Waals surface area contributed by atoms with Gasteiger partial charge in [0.15, 0.2) is 11.6 Å². The maximum absolute atomic E-state index is 13.7. The van der Waals surface area contributed by atoms with Crippen molar-refractivity contribution in [1.82, 2.24) is 10.1 Å². The summed E-state index contributed by atoms with van der Waals surface area (Å²) in [7, 11) is 3.33. The van der Waals surface area contributed by atoms with Crippen LogP contribution in [0.3, 0.4) is 0 Å². The van der Waals surface area contributed by atoms with Crippen LogP contribution in [0.15, 0.2) is 40.9 Å². The minimum absolute atomic E-state index is 0.510. The van der Waals surface area contributed by atoms with Crippen LogP contribution in [-0.4, -0.2) is 30.8 Å². The minimum Gasteiger partial charge on any atom is -0.496 e. The summed E-state index contributed by atoms with van der Waals surface area (Å²) in [5.74, 6) is -0.162. The van der Waals surface area contributed by atoms with Crippen LogP contribution in [0.25, 0.3) is 11.3 Å². The van der Waals surface area contributed by atoms with Gasteiger partial charge in [-0.3, -0.25) is 4.90 Å². The molecule has 0 aliphatic carbocycles. The van der Waals surface area contributed by atoms with Crippen LogP contribution < -0.4 is 4.74 Å². The molecule has 0 saturated carbocycles. The number of hydrogen-bond donors (Lipinski definition) is 0. The van der Waals surface area contributed by atoms with E-state index in [1.165, 1.54) is 6.07 Å². The molecular weight excluding hydrogens is 378 g/mol. The zero-order chi connectivity index (χ0) is 20.4. The van der Waals surface area contributed by atoms with E-state index >= 15 is 0 Å². The van der Waals surface area contributed by atoms with Crippen LogP contribution in [0.4, 0.5) is 8.78 Å². The molecule has 5 nitrogen and oxygen atoms in total. The molecule has 7 heteroatoms. The molecule has 2 heterocycles. The van der Waals surface area contributed by atoms with Crippen molar-refractivity contribution >= 4 is 0 Å². The second-order valence-corrected chi connectivity index (χ2v) is 7.10. The van der Waals surface area contributed by atoms with Gasteiger partial charge in [0.05, 0.1) is 13.7 Å². The molecule has 0 bridgehead atoms. The molecule has 0 unspecified atom stereocenters. The number of fused-ring (bicyclic) bond motifs is 1. The monoisotopic (exact) mass is 400 g/mol.